The lowest BCUT2D eigenvalue weighted by Gasteiger charge is -2.23. The number of nitrogens with zero attached hydrogens (tertiary/aromatic N) is 5. The van der Waals surface area contributed by atoms with Crippen LogP contribution in [0.4, 0.5) is 10.3 Å². The van der Waals surface area contributed by atoms with Crippen molar-refractivity contribution in [2.24, 2.45) is 0 Å². The Balaban J connectivity index is 1.65. The second-order valence-corrected chi connectivity index (χ2v) is 8.34. The number of fused-ring (bicyclic) bond motifs is 1. The zero-order valence-electron chi connectivity index (χ0n) is 16.5. The Morgan fingerprint density at radius 2 is 2.17 bits per heavy atom. The Hall–Kier alpha value is -2.27. The van der Waals surface area contributed by atoms with Gasteiger partial charge in [0.15, 0.2) is 11.9 Å². The van der Waals surface area contributed by atoms with Crippen molar-refractivity contribution in [1.82, 2.24) is 24.8 Å². The first-order chi connectivity index (χ1) is 13.9. The lowest BCUT2D eigenvalue weighted by molar-refractivity contribution is 0.00382. The van der Waals surface area contributed by atoms with Crippen LogP contribution in [0.3, 0.4) is 0 Å². The monoisotopic (exact) mass is 418 g/mol. The predicted molar refractivity (Wildman–Crippen MR) is 108 cm³/mol. The van der Waals surface area contributed by atoms with Crippen LogP contribution in [-0.4, -0.2) is 56.2 Å². The third-order valence-corrected chi connectivity index (χ3v) is 6.04. The van der Waals surface area contributed by atoms with Crippen LogP contribution in [0.1, 0.15) is 41.9 Å². The number of aromatic nitrogens is 4. The zero-order chi connectivity index (χ0) is 20.5. The van der Waals surface area contributed by atoms with Gasteiger partial charge in [-0.15, -0.1) is 11.3 Å². The van der Waals surface area contributed by atoms with Crippen LogP contribution in [0, 0.1) is 12.7 Å². The van der Waals surface area contributed by atoms with Gasteiger partial charge in [0.05, 0.1) is 28.1 Å². The molecule has 3 atom stereocenters. The number of thiazole rings is 1. The average Bonchev–Trinajstić information content (AvgIpc) is 3.32. The van der Waals surface area contributed by atoms with E-state index in [2.05, 4.69) is 25.3 Å². The van der Waals surface area contributed by atoms with Crippen molar-refractivity contribution in [1.29, 1.82) is 0 Å². The number of ether oxygens (including phenoxy) is 1. The van der Waals surface area contributed by atoms with Crippen LogP contribution < -0.4 is 5.32 Å². The quantitative estimate of drug-likeness (QED) is 0.631. The van der Waals surface area contributed by atoms with Gasteiger partial charge in [-0.1, -0.05) is 0 Å². The van der Waals surface area contributed by atoms with E-state index in [4.69, 9.17) is 4.74 Å². The van der Waals surface area contributed by atoms with Gasteiger partial charge in [-0.2, -0.15) is 4.98 Å². The van der Waals surface area contributed by atoms with Gasteiger partial charge in [0.2, 0.25) is 5.95 Å². The van der Waals surface area contributed by atoms with Gasteiger partial charge in [0.1, 0.15) is 11.5 Å². The van der Waals surface area contributed by atoms with E-state index in [-0.39, 0.29) is 12.1 Å². The molecule has 3 aromatic rings. The molecule has 1 aliphatic heterocycles. The SMILES string of the molecule is CO[C@@H]1CCN(C(O)c2nc(NC(C)c3cncc(F)c3)nc3nc(C)sc23)C1. The third-order valence-electron chi connectivity index (χ3n) is 5.06. The fraction of sp³-hybridized carbons (Fsp3) is 0.474. The molecular formula is C19H23FN6O2S. The average molecular weight is 418 g/mol. The van der Waals surface area contributed by atoms with Crippen molar-refractivity contribution in [3.63, 3.8) is 0 Å². The Morgan fingerprint density at radius 1 is 1.34 bits per heavy atom. The molecule has 1 fully saturated rings. The number of likely N-dealkylation sites (tertiary alicyclic amines) is 1. The summed E-state index contributed by atoms with van der Waals surface area (Å²) in [6, 6.07) is 1.14. The van der Waals surface area contributed by atoms with Crippen molar-refractivity contribution < 1.29 is 14.2 Å². The normalized spacial score (nSPS) is 19.6. The van der Waals surface area contributed by atoms with Gasteiger partial charge in [-0.05, 0) is 31.9 Å². The number of aliphatic hydroxyl groups is 1. The molecule has 2 N–H and O–H groups in total. The van der Waals surface area contributed by atoms with Crippen LogP contribution >= 0.6 is 11.3 Å². The first kappa shape index (κ1) is 20.0. The Bertz CT molecular complexity index is 1020. The molecule has 0 bridgehead atoms. The molecule has 1 aliphatic rings. The highest BCUT2D eigenvalue weighted by molar-refractivity contribution is 7.18. The molecule has 4 heterocycles. The highest BCUT2D eigenvalue weighted by atomic mass is 32.1. The Kier molecular flexibility index (Phi) is 5.68. The van der Waals surface area contributed by atoms with E-state index in [0.29, 0.717) is 29.4 Å². The molecule has 0 saturated carbocycles. The lowest BCUT2D eigenvalue weighted by Crippen LogP contribution is -2.28. The Labute approximate surface area is 171 Å². The van der Waals surface area contributed by atoms with E-state index >= 15 is 0 Å². The minimum absolute atomic E-state index is 0.100. The van der Waals surface area contributed by atoms with Crippen LogP contribution in [0.15, 0.2) is 18.5 Å². The smallest absolute Gasteiger partial charge is 0.225 e. The fourth-order valence-electron chi connectivity index (χ4n) is 3.47. The second-order valence-electron chi connectivity index (χ2n) is 7.14. The van der Waals surface area contributed by atoms with Gasteiger partial charge in [0, 0.05) is 26.4 Å². The molecule has 0 amide bonds. The van der Waals surface area contributed by atoms with Crippen molar-refractivity contribution in [2.45, 2.75) is 38.6 Å². The predicted octanol–water partition coefficient (Wildman–Crippen LogP) is 2.81. The minimum atomic E-state index is -0.882. The third kappa shape index (κ3) is 4.20. The topological polar surface area (TPSA) is 96.3 Å². The zero-order valence-corrected chi connectivity index (χ0v) is 17.3. The minimum Gasteiger partial charge on any atom is -0.380 e. The Morgan fingerprint density at radius 3 is 2.90 bits per heavy atom. The van der Waals surface area contributed by atoms with Crippen molar-refractivity contribution in [3.05, 3.63) is 40.5 Å². The van der Waals surface area contributed by atoms with Crippen LogP contribution in [0.25, 0.3) is 10.3 Å². The number of halogens is 1. The molecule has 10 heteroatoms. The van der Waals surface area contributed by atoms with E-state index < -0.39 is 12.0 Å². The van der Waals surface area contributed by atoms with E-state index in [1.165, 1.54) is 17.4 Å². The van der Waals surface area contributed by atoms with Gasteiger partial charge in [-0.25, -0.2) is 14.4 Å². The molecule has 0 aliphatic carbocycles. The van der Waals surface area contributed by atoms with Crippen molar-refractivity contribution in [2.75, 3.05) is 25.5 Å². The van der Waals surface area contributed by atoms with Crippen LogP contribution in [-0.2, 0) is 4.74 Å². The molecular weight excluding hydrogens is 395 g/mol. The van der Waals surface area contributed by atoms with Gasteiger partial charge in [0.25, 0.3) is 0 Å². The maximum atomic E-state index is 13.5. The molecule has 3 aromatic heterocycles. The molecule has 29 heavy (non-hydrogen) atoms. The van der Waals surface area contributed by atoms with Crippen LogP contribution in [0.5, 0.6) is 0 Å². The number of pyridine rings is 1. The molecule has 0 aromatic carbocycles. The fourth-order valence-corrected chi connectivity index (χ4v) is 4.34. The van der Waals surface area contributed by atoms with E-state index in [1.54, 1.807) is 13.3 Å². The van der Waals surface area contributed by atoms with Crippen molar-refractivity contribution >= 4 is 27.6 Å². The van der Waals surface area contributed by atoms with Crippen LogP contribution in [0.2, 0.25) is 0 Å². The first-order valence-corrected chi connectivity index (χ1v) is 10.2. The molecule has 1 saturated heterocycles. The standard InChI is InChI=1S/C19H23FN6O2S/c1-10(12-6-13(20)8-21-7-12)22-19-24-15(16-17(25-19)23-11(2)29-16)18(27)26-5-4-14(9-26)28-3/h6-8,10,14,18,27H,4-5,9H2,1-3H3,(H,22,24,25)/t10?,14-,18?/m1/s1. The first-order valence-electron chi connectivity index (χ1n) is 9.41. The second kappa shape index (κ2) is 8.23. The summed E-state index contributed by atoms with van der Waals surface area (Å²) in [6.07, 6.45) is 2.83. The number of nitrogens with one attached hydrogen (secondary N) is 1. The maximum absolute atomic E-state index is 13.5. The number of hydrogen-bond donors (Lipinski definition) is 2. The molecule has 154 valence electrons. The number of hydrogen-bond acceptors (Lipinski definition) is 9. The summed E-state index contributed by atoms with van der Waals surface area (Å²) in [6.45, 7) is 5.12. The summed E-state index contributed by atoms with van der Waals surface area (Å²) in [5.41, 5.74) is 1.73. The summed E-state index contributed by atoms with van der Waals surface area (Å²) < 4.78 is 19.7. The van der Waals surface area contributed by atoms with E-state index in [9.17, 15) is 9.50 Å². The summed E-state index contributed by atoms with van der Waals surface area (Å²) in [4.78, 5) is 19.4. The number of anilines is 1. The number of aliphatic hydroxyl groups excluding tert-OH is 1. The number of rotatable bonds is 6. The maximum Gasteiger partial charge on any atom is 0.225 e. The van der Waals surface area contributed by atoms with E-state index in [0.717, 1.165) is 28.9 Å². The summed E-state index contributed by atoms with van der Waals surface area (Å²) in [5.74, 6) is -0.0726. The summed E-state index contributed by atoms with van der Waals surface area (Å²) in [7, 11) is 1.68. The lowest BCUT2D eigenvalue weighted by atomic mass is 10.1. The summed E-state index contributed by atoms with van der Waals surface area (Å²) >= 11 is 1.46. The molecule has 8 nitrogen and oxygen atoms in total. The van der Waals surface area contributed by atoms with Crippen molar-refractivity contribution in [3.8, 4) is 0 Å². The molecule has 2 unspecified atom stereocenters. The largest absolute Gasteiger partial charge is 0.380 e. The highest BCUT2D eigenvalue weighted by Crippen LogP contribution is 2.32. The highest BCUT2D eigenvalue weighted by Gasteiger charge is 2.31. The number of methoxy groups -OCH3 is 1. The molecule has 4 rings (SSSR count). The molecule has 0 radical (unpaired) electrons. The summed E-state index contributed by atoms with van der Waals surface area (Å²) in [5, 5.41) is 15.0. The van der Waals surface area contributed by atoms with Gasteiger partial charge < -0.3 is 15.2 Å². The van der Waals surface area contributed by atoms with Gasteiger partial charge in [-0.3, -0.25) is 9.88 Å². The van der Waals surface area contributed by atoms with Gasteiger partial charge >= 0.3 is 0 Å². The molecule has 0 spiro atoms. The van der Waals surface area contributed by atoms with E-state index in [1.807, 2.05) is 18.7 Å². The number of aryl methyl sites for hydroxylation is 1.